The number of benzene rings is 2. The minimum absolute atomic E-state index is 0.316. The van der Waals surface area contributed by atoms with Gasteiger partial charge in [0.25, 0.3) is 5.91 Å². The van der Waals surface area contributed by atoms with Gasteiger partial charge in [0.15, 0.2) is 11.5 Å². The number of hydrogen-bond acceptors (Lipinski definition) is 5. The number of aryl methyl sites for hydroxylation is 1. The molecule has 2 aromatic carbocycles. The molecule has 0 unspecified atom stereocenters. The van der Waals surface area contributed by atoms with Crippen LogP contribution >= 0.6 is 0 Å². The van der Waals surface area contributed by atoms with Crippen LogP contribution in [0.15, 0.2) is 47.6 Å². The minimum Gasteiger partial charge on any atom is -0.496 e. The number of halogens is 1. The molecule has 3 rings (SSSR count). The van der Waals surface area contributed by atoms with Gasteiger partial charge in [0.05, 0.1) is 33.1 Å². The van der Waals surface area contributed by atoms with E-state index < -0.39 is 0 Å². The molecule has 0 bridgehead atoms. The fourth-order valence-electron chi connectivity index (χ4n) is 3.35. The van der Waals surface area contributed by atoms with Gasteiger partial charge in [0, 0.05) is 28.7 Å². The summed E-state index contributed by atoms with van der Waals surface area (Å²) in [6.07, 6.45) is 1.47. The first-order chi connectivity index (χ1) is 14.9. The third kappa shape index (κ3) is 4.53. The van der Waals surface area contributed by atoms with Crippen molar-refractivity contribution in [2.24, 2.45) is 5.10 Å². The summed E-state index contributed by atoms with van der Waals surface area (Å²) >= 11 is 0. The van der Waals surface area contributed by atoms with Crippen molar-refractivity contribution in [2.45, 2.75) is 13.8 Å². The molecule has 8 heteroatoms. The second-order valence-corrected chi connectivity index (χ2v) is 6.74. The third-order valence-electron chi connectivity index (χ3n) is 4.87. The number of hydrogen-bond donors (Lipinski definition) is 1. The second kappa shape index (κ2) is 9.34. The predicted molar refractivity (Wildman–Crippen MR) is 116 cm³/mol. The summed E-state index contributed by atoms with van der Waals surface area (Å²) < 4.78 is 31.0. The first-order valence-corrected chi connectivity index (χ1v) is 9.47. The van der Waals surface area contributed by atoms with E-state index in [0.29, 0.717) is 28.4 Å². The van der Waals surface area contributed by atoms with E-state index >= 15 is 0 Å². The van der Waals surface area contributed by atoms with Gasteiger partial charge in [-0.3, -0.25) is 4.79 Å². The molecular weight excluding hydrogens is 401 g/mol. The van der Waals surface area contributed by atoms with Crippen molar-refractivity contribution >= 4 is 12.1 Å². The van der Waals surface area contributed by atoms with E-state index in [-0.39, 0.29) is 11.7 Å². The second-order valence-electron chi connectivity index (χ2n) is 6.74. The van der Waals surface area contributed by atoms with E-state index in [9.17, 15) is 9.18 Å². The molecule has 162 valence electrons. The van der Waals surface area contributed by atoms with Crippen molar-refractivity contribution in [1.29, 1.82) is 0 Å². The molecule has 0 saturated heterocycles. The summed E-state index contributed by atoms with van der Waals surface area (Å²) in [5.74, 6) is 0.874. The van der Waals surface area contributed by atoms with Crippen molar-refractivity contribution in [3.05, 3.63) is 70.8 Å². The topological polar surface area (TPSA) is 74.1 Å². The van der Waals surface area contributed by atoms with E-state index in [1.165, 1.54) is 39.7 Å². The summed E-state index contributed by atoms with van der Waals surface area (Å²) in [6.45, 7) is 3.71. The third-order valence-corrected chi connectivity index (χ3v) is 4.87. The lowest BCUT2D eigenvalue weighted by Gasteiger charge is -2.11. The van der Waals surface area contributed by atoms with Crippen LogP contribution in [0.2, 0.25) is 0 Å². The van der Waals surface area contributed by atoms with Crippen LogP contribution in [0.4, 0.5) is 4.39 Å². The Labute approximate surface area is 180 Å². The minimum atomic E-state index is -0.364. The van der Waals surface area contributed by atoms with E-state index in [1.807, 2.05) is 18.4 Å². The highest BCUT2D eigenvalue weighted by Crippen LogP contribution is 2.33. The van der Waals surface area contributed by atoms with E-state index in [0.717, 1.165) is 17.1 Å². The van der Waals surface area contributed by atoms with Crippen LogP contribution in [0.3, 0.4) is 0 Å². The van der Waals surface area contributed by atoms with Crippen molar-refractivity contribution in [1.82, 2.24) is 9.99 Å². The van der Waals surface area contributed by atoms with Gasteiger partial charge in [-0.15, -0.1) is 0 Å². The van der Waals surface area contributed by atoms with Crippen LogP contribution in [-0.2, 0) is 0 Å². The van der Waals surface area contributed by atoms with E-state index in [2.05, 4.69) is 10.5 Å². The average Bonchev–Trinajstić information content (AvgIpc) is 3.07. The molecule has 0 saturated carbocycles. The lowest BCUT2D eigenvalue weighted by molar-refractivity contribution is 0.0954. The number of rotatable bonds is 7. The Bertz CT molecular complexity index is 1120. The van der Waals surface area contributed by atoms with Gasteiger partial charge in [-0.05, 0) is 50.2 Å². The normalized spacial score (nSPS) is 10.9. The van der Waals surface area contributed by atoms with E-state index in [1.54, 1.807) is 30.3 Å². The summed E-state index contributed by atoms with van der Waals surface area (Å²) in [6, 6.07) is 11.2. The Morgan fingerprint density at radius 3 is 2.19 bits per heavy atom. The molecule has 1 N–H and O–H groups in total. The molecule has 0 aliphatic rings. The highest BCUT2D eigenvalue weighted by molar-refractivity contribution is 5.96. The number of aromatic nitrogens is 1. The molecule has 7 nitrogen and oxygen atoms in total. The Morgan fingerprint density at radius 1 is 0.968 bits per heavy atom. The predicted octanol–water partition coefficient (Wildman–Crippen LogP) is 4.02. The molecule has 0 aliphatic carbocycles. The number of hydrazone groups is 1. The highest BCUT2D eigenvalue weighted by atomic mass is 19.1. The summed E-state index contributed by atoms with van der Waals surface area (Å²) in [4.78, 5) is 12.7. The number of ether oxygens (including phenoxy) is 3. The smallest absolute Gasteiger partial charge is 0.273 e. The number of carbonyl (C=O) groups excluding carboxylic acids is 1. The Kier molecular flexibility index (Phi) is 6.59. The van der Waals surface area contributed by atoms with Gasteiger partial charge in [-0.1, -0.05) is 0 Å². The largest absolute Gasteiger partial charge is 0.496 e. The Morgan fingerprint density at radius 2 is 1.58 bits per heavy atom. The Balaban J connectivity index is 1.82. The molecular formula is C23H24FN3O4. The van der Waals surface area contributed by atoms with Crippen LogP contribution in [0.25, 0.3) is 5.69 Å². The lowest BCUT2D eigenvalue weighted by Crippen LogP contribution is -2.18. The molecule has 1 aromatic heterocycles. The molecule has 0 radical (unpaired) electrons. The molecule has 0 fully saturated rings. The van der Waals surface area contributed by atoms with Crippen molar-refractivity contribution in [3.8, 4) is 22.9 Å². The zero-order valence-electron chi connectivity index (χ0n) is 18.0. The molecule has 31 heavy (non-hydrogen) atoms. The van der Waals surface area contributed by atoms with E-state index in [4.69, 9.17) is 14.2 Å². The summed E-state index contributed by atoms with van der Waals surface area (Å²) in [5, 5.41) is 4.06. The van der Waals surface area contributed by atoms with Gasteiger partial charge in [-0.25, -0.2) is 9.82 Å². The quantitative estimate of drug-likeness (QED) is 0.458. The van der Waals surface area contributed by atoms with Gasteiger partial charge in [0.1, 0.15) is 11.6 Å². The number of carbonyl (C=O) groups is 1. The monoisotopic (exact) mass is 425 g/mol. The molecule has 3 aromatic rings. The molecule has 0 spiro atoms. The molecule has 1 amide bonds. The van der Waals surface area contributed by atoms with Crippen LogP contribution in [-0.4, -0.2) is 38.0 Å². The molecule has 1 heterocycles. The van der Waals surface area contributed by atoms with Gasteiger partial charge >= 0.3 is 0 Å². The lowest BCUT2D eigenvalue weighted by atomic mass is 10.2. The van der Waals surface area contributed by atoms with Crippen LogP contribution < -0.4 is 19.6 Å². The van der Waals surface area contributed by atoms with Crippen molar-refractivity contribution < 1.29 is 23.4 Å². The van der Waals surface area contributed by atoms with Crippen LogP contribution in [0, 0.1) is 19.7 Å². The zero-order valence-corrected chi connectivity index (χ0v) is 18.0. The first kappa shape index (κ1) is 21.9. The average molecular weight is 425 g/mol. The van der Waals surface area contributed by atoms with Gasteiger partial charge in [-0.2, -0.15) is 5.10 Å². The number of nitrogens with zero attached hydrogens (tertiary/aromatic N) is 2. The number of methoxy groups -OCH3 is 3. The Hall–Kier alpha value is -3.81. The SMILES string of the molecule is COc1cc(OC)c(OC)cc1/C=N/NC(=O)c1cc(C)n(-c2ccc(F)cc2)c1C. The zero-order chi connectivity index (χ0) is 22.5. The maximum atomic E-state index is 13.2. The number of nitrogens with one attached hydrogen (secondary N) is 1. The molecule has 0 aliphatic heterocycles. The maximum absolute atomic E-state index is 13.2. The first-order valence-electron chi connectivity index (χ1n) is 9.47. The van der Waals surface area contributed by atoms with Gasteiger partial charge in [0.2, 0.25) is 0 Å². The number of amides is 1. The highest BCUT2D eigenvalue weighted by Gasteiger charge is 2.17. The standard InChI is InChI=1S/C23H24FN3O4/c1-14-10-19(15(2)27(14)18-8-6-17(24)7-9-18)23(28)26-25-13-16-11-21(30-4)22(31-5)12-20(16)29-3/h6-13H,1-5H3,(H,26,28)/b25-13+. The van der Waals surface area contributed by atoms with Crippen molar-refractivity contribution in [2.75, 3.05) is 21.3 Å². The fourth-order valence-corrected chi connectivity index (χ4v) is 3.35. The van der Waals surface area contributed by atoms with Gasteiger partial charge < -0.3 is 18.8 Å². The molecule has 0 atom stereocenters. The van der Waals surface area contributed by atoms with Crippen LogP contribution in [0.1, 0.15) is 27.3 Å². The fraction of sp³-hybridized carbons (Fsp3) is 0.217. The van der Waals surface area contributed by atoms with Crippen LogP contribution in [0.5, 0.6) is 17.2 Å². The maximum Gasteiger partial charge on any atom is 0.273 e. The summed E-state index contributed by atoms with van der Waals surface area (Å²) in [5.41, 5.74) is 5.96. The summed E-state index contributed by atoms with van der Waals surface area (Å²) in [7, 11) is 4.60. The van der Waals surface area contributed by atoms with Crippen molar-refractivity contribution in [3.63, 3.8) is 0 Å².